The fourth-order valence-corrected chi connectivity index (χ4v) is 1.32. The van der Waals surface area contributed by atoms with E-state index < -0.39 is 24.0 Å². The molecule has 0 amide bonds. The van der Waals surface area contributed by atoms with Crippen molar-refractivity contribution >= 4 is 11.9 Å². The SMILES string of the molecule is C=CCOC(=O)C(CC(C)(C)C)OC(=O)C(C)CN. The molecule has 0 aliphatic carbocycles. The van der Waals surface area contributed by atoms with E-state index in [9.17, 15) is 9.59 Å². The molecule has 0 saturated carbocycles. The monoisotopic (exact) mass is 271 g/mol. The highest BCUT2D eigenvalue weighted by Crippen LogP contribution is 2.23. The van der Waals surface area contributed by atoms with Crippen molar-refractivity contribution in [2.24, 2.45) is 17.1 Å². The number of hydrogen-bond donors (Lipinski definition) is 1. The maximum atomic E-state index is 11.8. The number of rotatable bonds is 7. The third-order valence-electron chi connectivity index (χ3n) is 2.42. The van der Waals surface area contributed by atoms with Gasteiger partial charge in [-0.05, 0) is 5.41 Å². The van der Waals surface area contributed by atoms with Gasteiger partial charge in [-0.2, -0.15) is 0 Å². The molecule has 5 heteroatoms. The van der Waals surface area contributed by atoms with Crippen LogP contribution >= 0.6 is 0 Å². The predicted octanol–water partition coefficient (Wildman–Crippen LogP) is 1.66. The van der Waals surface area contributed by atoms with Gasteiger partial charge in [0.2, 0.25) is 0 Å². The Labute approximate surface area is 115 Å². The lowest BCUT2D eigenvalue weighted by Gasteiger charge is -2.25. The summed E-state index contributed by atoms with van der Waals surface area (Å²) in [4.78, 5) is 23.6. The lowest BCUT2D eigenvalue weighted by molar-refractivity contribution is -0.171. The minimum absolute atomic E-state index is 0.101. The largest absolute Gasteiger partial charge is 0.459 e. The lowest BCUT2D eigenvalue weighted by Crippen LogP contribution is -2.36. The van der Waals surface area contributed by atoms with Crippen LogP contribution in [0.3, 0.4) is 0 Å². The number of esters is 2. The van der Waals surface area contributed by atoms with Gasteiger partial charge < -0.3 is 15.2 Å². The molecule has 0 aromatic heterocycles. The van der Waals surface area contributed by atoms with E-state index in [0.717, 1.165) is 0 Å². The van der Waals surface area contributed by atoms with Crippen molar-refractivity contribution in [2.75, 3.05) is 13.2 Å². The molecule has 19 heavy (non-hydrogen) atoms. The van der Waals surface area contributed by atoms with E-state index in [4.69, 9.17) is 15.2 Å². The van der Waals surface area contributed by atoms with Crippen LogP contribution < -0.4 is 5.73 Å². The number of carbonyl (C=O) groups excluding carboxylic acids is 2. The van der Waals surface area contributed by atoms with Gasteiger partial charge in [0.15, 0.2) is 6.10 Å². The predicted molar refractivity (Wildman–Crippen MR) is 73.3 cm³/mol. The Bertz CT molecular complexity index is 320. The van der Waals surface area contributed by atoms with E-state index in [1.54, 1.807) is 6.92 Å². The first-order chi connectivity index (χ1) is 8.71. The summed E-state index contributed by atoms with van der Waals surface area (Å²) in [5.41, 5.74) is 5.24. The van der Waals surface area contributed by atoms with E-state index in [2.05, 4.69) is 6.58 Å². The van der Waals surface area contributed by atoms with Crippen LogP contribution in [0, 0.1) is 11.3 Å². The summed E-state index contributed by atoms with van der Waals surface area (Å²) in [5.74, 6) is -1.46. The maximum Gasteiger partial charge on any atom is 0.347 e. The molecule has 0 aliphatic rings. The third-order valence-corrected chi connectivity index (χ3v) is 2.42. The van der Waals surface area contributed by atoms with Crippen LogP contribution in [0.1, 0.15) is 34.1 Å². The maximum absolute atomic E-state index is 11.8. The number of nitrogens with two attached hydrogens (primary N) is 1. The van der Waals surface area contributed by atoms with E-state index >= 15 is 0 Å². The van der Waals surface area contributed by atoms with Gasteiger partial charge in [-0.1, -0.05) is 40.3 Å². The fraction of sp³-hybridized carbons (Fsp3) is 0.714. The Kier molecular flexibility index (Phi) is 7.37. The van der Waals surface area contributed by atoms with Crippen molar-refractivity contribution in [3.8, 4) is 0 Å². The van der Waals surface area contributed by atoms with Gasteiger partial charge in [0.05, 0.1) is 5.92 Å². The standard InChI is InChI=1S/C14H25NO4/c1-6-7-18-13(17)11(8-14(3,4)5)19-12(16)10(2)9-15/h6,10-11H,1,7-9,15H2,2-5H3. The molecule has 5 nitrogen and oxygen atoms in total. The summed E-state index contributed by atoms with van der Waals surface area (Å²) < 4.78 is 10.2. The molecule has 0 rings (SSSR count). The Morgan fingerprint density at radius 2 is 1.89 bits per heavy atom. The molecule has 0 radical (unpaired) electrons. The second kappa shape index (κ2) is 7.94. The van der Waals surface area contributed by atoms with Gasteiger partial charge in [-0.3, -0.25) is 4.79 Å². The van der Waals surface area contributed by atoms with Crippen LogP contribution in [0.25, 0.3) is 0 Å². The minimum Gasteiger partial charge on any atom is -0.459 e. The van der Waals surface area contributed by atoms with Crippen LogP contribution in [0.4, 0.5) is 0 Å². The first kappa shape index (κ1) is 17.6. The highest BCUT2D eigenvalue weighted by Gasteiger charge is 2.30. The zero-order valence-corrected chi connectivity index (χ0v) is 12.3. The van der Waals surface area contributed by atoms with Crippen LogP contribution in [0.15, 0.2) is 12.7 Å². The van der Waals surface area contributed by atoms with Crippen molar-refractivity contribution in [3.63, 3.8) is 0 Å². The highest BCUT2D eigenvalue weighted by molar-refractivity contribution is 5.80. The Hall–Kier alpha value is -1.36. The molecule has 0 saturated heterocycles. The topological polar surface area (TPSA) is 78.6 Å². The summed E-state index contributed by atoms with van der Waals surface area (Å²) in [7, 11) is 0. The van der Waals surface area contributed by atoms with Crippen LogP contribution in [-0.2, 0) is 19.1 Å². The molecule has 0 aliphatic heterocycles. The number of ether oxygens (including phenoxy) is 2. The van der Waals surface area contributed by atoms with Gasteiger partial charge in [0.1, 0.15) is 6.61 Å². The molecular formula is C14H25NO4. The van der Waals surface area contributed by atoms with Gasteiger partial charge in [0.25, 0.3) is 0 Å². The minimum atomic E-state index is -0.901. The zero-order valence-electron chi connectivity index (χ0n) is 12.3. The van der Waals surface area contributed by atoms with Crippen molar-refractivity contribution in [3.05, 3.63) is 12.7 Å². The summed E-state index contributed by atoms with van der Waals surface area (Å²) in [6, 6.07) is 0. The average molecular weight is 271 g/mol. The van der Waals surface area contributed by atoms with Crippen molar-refractivity contribution in [1.82, 2.24) is 0 Å². The Morgan fingerprint density at radius 1 is 1.32 bits per heavy atom. The smallest absolute Gasteiger partial charge is 0.347 e. The van der Waals surface area contributed by atoms with E-state index in [-0.39, 0.29) is 18.6 Å². The third kappa shape index (κ3) is 7.62. The summed E-state index contributed by atoms with van der Waals surface area (Å²) in [5, 5.41) is 0. The van der Waals surface area contributed by atoms with Crippen LogP contribution in [0.2, 0.25) is 0 Å². The Balaban J connectivity index is 4.71. The molecule has 0 fully saturated rings. The van der Waals surface area contributed by atoms with Gasteiger partial charge >= 0.3 is 11.9 Å². The molecular weight excluding hydrogens is 246 g/mol. The van der Waals surface area contributed by atoms with E-state index in [0.29, 0.717) is 6.42 Å². The average Bonchev–Trinajstić information content (AvgIpc) is 2.32. The molecule has 0 spiro atoms. The lowest BCUT2D eigenvalue weighted by atomic mass is 9.89. The summed E-state index contributed by atoms with van der Waals surface area (Å²) in [6.07, 6.45) is 0.962. The van der Waals surface area contributed by atoms with Crippen molar-refractivity contribution in [2.45, 2.75) is 40.2 Å². The van der Waals surface area contributed by atoms with Gasteiger partial charge in [0, 0.05) is 13.0 Å². The molecule has 2 N–H and O–H groups in total. The molecule has 0 heterocycles. The Morgan fingerprint density at radius 3 is 2.32 bits per heavy atom. The second-order valence-electron chi connectivity index (χ2n) is 5.75. The molecule has 0 bridgehead atoms. The van der Waals surface area contributed by atoms with Crippen LogP contribution in [-0.4, -0.2) is 31.2 Å². The van der Waals surface area contributed by atoms with Crippen molar-refractivity contribution < 1.29 is 19.1 Å². The number of carbonyl (C=O) groups is 2. The van der Waals surface area contributed by atoms with Crippen molar-refractivity contribution in [1.29, 1.82) is 0 Å². The summed E-state index contributed by atoms with van der Waals surface area (Å²) >= 11 is 0. The first-order valence-corrected chi connectivity index (χ1v) is 6.39. The second-order valence-corrected chi connectivity index (χ2v) is 5.75. The fourth-order valence-electron chi connectivity index (χ4n) is 1.32. The molecule has 0 aromatic carbocycles. The zero-order chi connectivity index (χ0) is 15.1. The molecule has 0 aromatic rings. The highest BCUT2D eigenvalue weighted by atomic mass is 16.6. The van der Waals surface area contributed by atoms with Gasteiger partial charge in [-0.15, -0.1) is 0 Å². The van der Waals surface area contributed by atoms with Gasteiger partial charge in [-0.25, -0.2) is 4.79 Å². The molecule has 2 unspecified atom stereocenters. The van der Waals surface area contributed by atoms with E-state index in [1.807, 2.05) is 20.8 Å². The van der Waals surface area contributed by atoms with E-state index in [1.165, 1.54) is 6.08 Å². The molecule has 2 atom stereocenters. The summed E-state index contributed by atoms with van der Waals surface area (Å²) in [6.45, 7) is 11.3. The normalized spacial score (nSPS) is 14.4. The van der Waals surface area contributed by atoms with Crippen LogP contribution in [0.5, 0.6) is 0 Å². The number of hydrogen-bond acceptors (Lipinski definition) is 5. The molecule has 110 valence electrons. The first-order valence-electron chi connectivity index (χ1n) is 6.39. The quantitative estimate of drug-likeness (QED) is 0.562.